The normalized spacial score (nSPS) is 26.7. The van der Waals surface area contributed by atoms with Crippen LogP contribution in [0.25, 0.3) is 10.8 Å². The van der Waals surface area contributed by atoms with Crippen LogP contribution in [-0.2, 0) is 24.6 Å². The largest absolute Gasteiger partial charge is 0.507 e. The second-order valence-corrected chi connectivity index (χ2v) is 14.7. The van der Waals surface area contributed by atoms with Gasteiger partial charge >= 0.3 is 0 Å². The van der Waals surface area contributed by atoms with Crippen molar-refractivity contribution in [1.82, 2.24) is 5.01 Å². The van der Waals surface area contributed by atoms with Gasteiger partial charge in [0.25, 0.3) is 11.8 Å². The lowest BCUT2D eigenvalue weighted by molar-refractivity contribution is -0.138. The number of phenols is 1. The molecular weight excluding hydrogens is 674 g/mol. The Morgan fingerprint density at radius 3 is 2.23 bits per heavy atom. The highest BCUT2D eigenvalue weighted by Gasteiger charge is 2.70. The molecule has 3 fully saturated rings. The van der Waals surface area contributed by atoms with E-state index < -0.39 is 46.8 Å². The first kappa shape index (κ1) is 32.2. The molecule has 2 N–H and O–H groups in total. The number of allylic oxidation sites excluding steroid dienone is 2. The van der Waals surface area contributed by atoms with E-state index in [2.05, 4.69) is 5.43 Å². The number of hydrazine groups is 1. The number of benzene rings is 5. The molecule has 6 atom stereocenters. The Labute approximate surface area is 305 Å². The van der Waals surface area contributed by atoms with Crippen LogP contribution in [0.3, 0.4) is 0 Å². The molecule has 2 aliphatic heterocycles. The number of aryl methyl sites for hydroxylation is 1. The number of imide groups is 2. The molecule has 0 bridgehead atoms. The SMILES string of the molecule is Cc1ccc(NN2C(=O)[C@@H]3C[C@@H]4C(=CC[C@@H]5C(=O)N(c6ccc(Cl)cc6)C(=O)[C@@H]54)[C@H](c4ccc5ccccc5c4O)[C@]3(c3ccccc3)C2=O)cc1. The van der Waals surface area contributed by atoms with E-state index in [4.69, 9.17) is 11.6 Å². The number of nitrogens with zero attached hydrogens (tertiary/aromatic N) is 2. The van der Waals surface area contributed by atoms with Gasteiger partial charge in [0.2, 0.25) is 11.8 Å². The smallest absolute Gasteiger partial charge is 0.260 e. The standard InChI is InChI=1S/C43H34ClN3O5/c1-24-11-16-28(17-12-24)45-47-40(50)35-23-34-31(21-22-32-36(34)41(51)46(39(32)49)29-18-14-27(44)15-19-29)37(43(35,42(47)52)26-8-3-2-4-9-26)33-20-13-25-7-5-6-10-30(25)38(33)48/h2-21,32,34-37,45,48H,22-23H2,1H3/t32-,34+,35-,36-,37+,43+/m0/s1. The number of hydrogen-bond donors (Lipinski definition) is 2. The van der Waals surface area contributed by atoms with E-state index in [9.17, 15) is 19.5 Å². The summed E-state index contributed by atoms with van der Waals surface area (Å²) in [6.45, 7) is 1.96. The Kier molecular flexibility index (Phi) is 7.38. The number of halogens is 1. The second kappa shape index (κ2) is 11.9. The zero-order chi connectivity index (χ0) is 35.9. The molecule has 9 heteroatoms. The summed E-state index contributed by atoms with van der Waals surface area (Å²) in [5.74, 6) is -5.20. The minimum Gasteiger partial charge on any atom is -0.507 e. The van der Waals surface area contributed by atoms with E-state index in [0.717, 1.165) is 21.5 Å². The molecule has 8 nitrogen and oxygen atoms in total. The maximum Gasteiger partial charge on any atom is 0.260 e. The topological polar surface area (TPSA) is 107 Å². The lowest BCUT2D eigenvalue weighted by atomic mass is 9.49. The van der Waals surface area contributed by atoms with E-state index in [1.54, 1.807) is 24.3 Å². The fraction of sp³-hybridized carbons (Fsp3) is 0.209. The summed E-state index contributed by atoms with van der Waals surface area (Å²) < 4.78 is 0. The molecular formula is C43H34ClN3O5. The Morgan fingerprint density at radius 1 is 0.769 bits per heavy atom. The highest BCUT2D eigenvalue weighted by Crippen LogP contribution is 2.65. The molecule has 52 heavy (non-hydrogen) atoms. The molecule has 9 rings (SSSR count). The van der Waals surface area contributed by atoms with Gasteiger partial charge in [0.1, 0.15) is 5.75 Å². The van der Waals surface area contributed by atoms with Crippen molar-refractivity contribution in [1.29, 1.82) is 0 Å². The number of carbonyl (C=O) groups is 4. The van der Waals surface area contributed by atoms with Crippen molar-refractivity contribution < 1.29 is 24.3 Å². The van der Waals surface area contributed by atoms with Crippen molar-refractivity contribution in [2.75, 3.05) is 10.3 Å². The first-order chi connectivity index (χ1) is 25.2. The molecule has 2 aliphatic carbocycles. The van der Waals surface area contributed by atoms with Crippen LogP contribution >= 0.6 is 11.6 Å². The third-order valence-electron chi connectivity index (χ3n) is 11.7. The van der Waals surface area contributed by atoms with Gasteiger partial charge in [-0.1, -0.05) is 108 Å². The van der Waals surface area contributed by atoms with Gasteiger partial charge in [-0.25, -0.2) is 0 Å². The predicted molar refractivity (Wildman–Crippen MR) is 198 cm³/mol. The number of hydrogen-bond acceptors (Lipinski definition) is 6. The van der Waals surface area contributed by atoms with Crippen LogP contribution in [0.1, 0.15) is 35.4 Å². The molecule has 0 unspecified atom stereocenters. The van der Waals surface area contributed by atoms with Gasteiger partial charge in [0, 0.05) is 21.9 Å². The van der Waals surface area contributed by atoms with Crippen molar-refractivity contribution in [3.05, 3.63) is 149 Å². The van der Waals surface area contributed by atoms with Crippen molar-refractivity contribution in [3.63, 3.8) is 0 Å². The molecule has 2 heterocycles. The summed E-state index contributed by atoms with van der Waals surface area (Å²) >= 11 is 6.15. The molecule has 5 aromatic carbocycles. The summed E-state index contributed by atoms with van der Waals surface area (Å²) in [6, 6.07) is 34.6. The van der Waals surface area contributed by atoms with Crippen LogP contribution in [0, 0.1) is 30.6 Å². The summed E-state index contributed by atoms with van der Waals surface area (Å²) in [5, 5.41) is 15.2. The van der Waals surface area contributed by atoms with Gasteiger partial charge in [0.15, 0.2) is 0 Å². The highest BCUT2D eigenvalue weighted by molar-refractivity contribution is 6.31. The number of phenolic OH excluding ortho intramolecular Hbond substituents is 1. The summed E-state index contributed by atoms with van der Waals surface area (Å²) in [4.78, 5) is 60.1. The quantitative estimate of drug-likeness (QED) is 0.143. The van der Waals surface area contributed by atoms with E-state index in [0.29, 0.717) is 32.9 Å². The first-order valence-electron chi connectivity index (χ1n) is 17.5. The maximum absolute atomic E-state index is 15.4. The number of amides is 4. The third-order valence-corrected chi connectivity index (χ3v) is 12.0. The molecule has 1 saturated carbocycles. The lowest BCUT2D eigenvalue weighted by Crippen LogP contribution is -2.53. The Morgan fingerprint density at radius 2 is 1.48 bits per heavy atom. The van der Waals surface area contributed by atoms with Gasteiger partial charge in [-0.2, -0.15) is 5.01 Å². The molecule has 4 aliphatic rings. The summed E-state index contributed by atoms with van der Waals surface area (Å²) in [5.41, 5.74) is 5.60. The molecule has 258 valence electrons. The number of carbonyl (C=O) groups excluding carboxylic acids is 4. The number of rotatable bonds is 5. The van der Waals surface area contributed by atoms with Crippen molar-refractivity contribution in [3.8, 4) is 5.75 Å². The number of aromatic hydroxyl groups is 1. The van der Waals surface area contributed by atoms with Gasteiger partial charge < -0.3 is 5.11 Å². The van der Waals surface area contributed by atoms with E-state index in [1.165, 1.54) is 4.90 Å². The molecule has 0 radical (unpaired) electrons. The van der Waals surface area contributed by atoms with Crippen LogP contribution in [0.2, 0.25) is 5.02 Å². The number of fused-ring (bicyclic) bond motifs is 5. The Hall–Kier alpha value is -5.73. The van der Waals surface area contributed by atoms with E-state index in [-0.39, 0.29) is 30.4 Å². The van der Waals surface area contributed by atoms with Crippen LogP contribution in [0.15, 0.2) is 127 Å². The molecule has 2 saturated heterocycles. The molecule has 0 spiro atoms. The zero-order valence-corrected chi connectivity index (χ0v) is 29.0. The fourth-order valence-corrected chi connectivity index (χ4v) is 9.57. The minimum absolute atomic E-state index is 0.0163. The predicted octanol–water partition coefficient (Wildman–Crippen LogP) is 7.70. The first-order valence-corrected chi connectivity index (χ1v) is 17.9. The Balaban J connectivity index is 1.26. The molecule has 5 aromatic rings. The van der Waals surface area contributed by atoms with Gasteiger partial charge in [0.05, 0.1) is 34.5 Å². The van der Waals surface area contributed by atoms with Gasteiger partial charge in [-0.3, -0.25) is 29.5 Å². The van der Waals surface area contributed by atoms with E-state index >= 15 is 4.79 Å². The number of nitrogens with one attached hydrogen (secondary N) is 1. The van der Waals surface area contributed by atoms with Crippen molar-refractivity contribution in [2.24, 2.45) is 23.7 Å². The molecule has 4 amide bonds. The van der Waals surface area contributed by atoms with Crippen molar-refractivity contribution >= 4 is 57.4 Å². The summed E-state index contributed by atoms with van der Waals surface area (Å²) in [6.07, 6.45) is 2.44. The fourth-order valence-electron chi connectivity index (χ4n) is 9.44. The van der Waals surface area contributed by atoms with Crippen LogP contribution in [0.5, 0.6) is 5.75 Å². The molecule has 0 aromatic heterocycles. The monoisotopic (exact) mass is 707 g/mol. The Bertz CT molecular complexity index is 2340. The van der Waals surface area contributed by atoms with Crippen LogP contribution in [-0.4, -0.2) is 33.7 Å². The highest BCUT2D eigenvalue weighted by atomic mass is 35.5. The third kappa shape index (κ3) is 4.53. The lowest BCUT2D eigenvalue weighted by Gasteiger charge is -2.50. The van der Waals surface area contributed by atoms with Crippen LogP contribution in [0.4, 0.5) is 11.4 Å². The summed E-state index contributed by atoms with van der Waals surface area (Å²) in [7, 11) is 0. The van der Waals surface area contributed by atoms with Gasteiger partial charge in [-0.05, 0) is 73.0 Å². The average Bonchev–Trinajstić information content (AvgIpc) is 3.54. The minimum atomic E-state index is -1.48. The van der Waals surface area contributed by atoms with Crippen LogP contribution < -0.4 is 10.3 Å². The number of anilines is 2. The van der Waals surface area contributed by atoms with E-state index in [1.807, 2.05) is 104 Å². The zero-order valence-electron chi connectivity index (χ0n) is 28.2. The maximum atomic E-state index is 15.4. The average molecular weight is 708 g/mol. The van der Waals surface area contributed by atoms with Crippen molar-refractivity contribution in [2.45, 2.75) is 31.1 Å². The second-order valence-electron chi connectivity index (χ2n) is 14.3. The van der Waals surface area contributed by atoms with Gasteiger partial charge in [-0.15, -0.1) is 0 Å².